The number of hydrogen-bond acceptors (Lipinski definition) is 6. The van der Waals surface area contributed by atoms with Gasteiger partial charge in [0.15, 0.2) is 5.82 Å². The van der Waals surface area contributed by atoms with Crippen molar-refractivity contribution in [1.82, 2.24) is 20.2 Å². The van der Waals surface area contributed by atoms with Crippen LogP contribution in [0.1, 0.15) is 29.4 Å². The molecule has 0 aliphatic heterocycles. The molecule has 0 aliphatic carbocycles. The van der Waals surface area contributed by atoms with Gasteiger partial charge in [0, 0.05) is 40.6 Å². The SMILES string of the molecule is CCc1cc(Nc2cc(C)nc(Nc3ccc(NC(=O)Nc4ccc(Cl)c(C(F)(F)F)c4)cc3C)n2)n[nH]1. The molecule has 9 nitrogen and oxygen atoms in total. The first kappa shape index (κ1) is 26.7. The lowest BCUT2D eigenvalue weighted by Gasteiger charge is -2.14. The number of amides is 2. The molecule has 0 spiro atoms. The maximum atomic E-state index is 13.1. The van der Waals surface area contributed by atoms with Crippen LogP contribution in [-0.2, 0) is 12.6 Å². The number of hydrogen-bond donors (Lipinski definition) is 5. The van der Waals surface area contributed by atoms with E-state index in [0.717, 1.165) is 35.5 Å². The number of aromatic amines is 1. The summed E-state index contributed by atoms with van der Waals surface area (Å²) in [6.07, 6.45) is -3.81. The van der Waals surface area contributed by atoms with Gasteiger partial charge in [-0.3, -0.25) is 5.10 Å². The highest BCUT2D eigenvalue weighted by atomic mass is 35.5. The first-order chi connectivity index (χ1) is 18.0. The zero-order valence-corrected chi connectivity index (χ0v) is 21.3. The third-order valence-corrected chi connectivity index (χ3v) is 5.71. The third kappa shape index (κ3) is 6.71. The minimum Gasteiger partial charge on any atom is -0.324 e. The number of nitrogens with zero attached hydrogens (tertiary/aromatic N) is 3. The van der Waals surface area contributed by atoms with Gasteiger partial charge in [-0.15, -0.1) is 0 Å². The minimum absolute atomic E-state index is 0.0454. The number of aromatic nitrogens is 4. The molecule has 2 amide bonds. The average molecular weight is 545 g/mol. The van der Waals surface area contributed by atoms with E-state index in [4.69, 9.17) is 11.6 Å². The summed E-state index contributed by atoms with van der Waals surface area (Å²) >= 11 is 5.63. The number of benzene rings is 2. The normalized spacial score (nSPS) is 11.2. The van der Waals surface area contributed by atoms with Gasteiger partial charge < -0.3 is 21.3 Å². The molecular weight excluding hydrogens is 521 g/mol. The van der Waals surface area contributed by atoms with Crippen LogP contribution in [-0.4, -0.2) is 26.2 Å². The van der Waals surface area contributed by atoms with Crippen LogP contribution in [0.2, 0.25) is 5.02 Å². The Hall–Kier alpha value is -4.32. The van der Waals surface area contributed by atoms with Crippen molar-refractivity contribution in [2.45, 2.75) is 33.4 Å². The largest absolute Gasteiger partial charge is 0.417 e. The van der Waals surface area contributed by atoms with E-state index in [9.17, 15) is 18.0 Å². The van der Waals surface area contributed by atoms with Crippen molar-refractivity contribution in [1.29, 1.82) is 0 Å². The Labute approximate surface area is 221 Å². The smallest absolute Gasteiger partial charge is 0.324 e. The maximum Gasteiger partial charge on any atom is 0.417 e. The zero-order valence-electron chi connectivity index (χ0n) is 20.6. The van der Waals surface area contributed by atoms with E-state index >= 15 is 0 Å². The predicted molar refractivity (Wildman–Crippen MR) is 142 cm³/mol. The molecule has 0 radical (unpaired) electrons. The number of H-pyrrole nitrogens is 1. The Morgan fingerprint density at radius 3 is 2.32 bits per heavy atom. The van der Waals surface area contributed by atoms with Crippen LogP contribution < -0.4 is 21.3 Å². The van der Waals surface area contributed by atoms with Gasteiger partial charge in [0.1, 0.15) is 5.82 Å². The molecule has 5 N–H and O–H groups in total. The van der Waals surface area contributed by atoms with Crippen molar-refractivity contribution in [2.24, 2.45) is 0 Å². The van der Waals surface area contributed by atoms with Crippen LogP contribution in [0.15, 0.2) is 48.5 Å². The van der Waals surface area contributed by atoms with E-state index in [1.54, 1.807) is 24.3 Å². The Balaban J connectivity index is 1.42. The van der Waals surface area contributed by atoms with Crippen LogP contribution in [0.5, 0.6) is 0 Å². The van der Waals surface area contributed by atoms with Gasteiger partial charge in [0.2, 0.25) is 5.95 Å². The number of anilines is 6. The summed E-state index contributed by atoms with van der Waals surface area (Å²) in [4.78, 5) is 21.3. The first-order valence-electron chi connectivity index (χ1n) is 11.5. The van der Waals surface area contributed by atoms with Crippen molar-refractivity contribution in [3.63, 3.8) is 0 Å². The Kier molecular flexibility index (Phi) is 7.72. The van der Waals surface area contributed by atoms with Crippen molar-refractivity contribution >= 4 is 52.3 Å². The Morgan fingerprint density at radius 1 is 0.947 bits per heavy atom. The lowest BCUT2D eigenvalue weighted by atomic mass is 10.1. The minimum atomic E-state index is -4.64. The van der Waals surface area contributed by atoms with Crippen LogP contribution in [0.25, 0.3) is 0 Å². The highest BCUT2D eigenvalue weighted by molar-refractivity contribution is 6.31. The number of nitrogens with one attached hydrogen (secondary N) is 5. The van der Waals surface area contributed by atoms with Gasteiger partial charge in [0.05, 0.1) is 10.6 Å². The summed E-state index contributed by atoms with van der Waals surface area (Å²) in [7, 11) is 0. The fraction of sp³-hybridized carbons (Fsp3) is 0.200. The monoisotopic (exact) mass is 544 g/mol. The highest BCUT2D eigenvalue weighted by Gasteiger charge is 2.33. The van der Waals surface area contributed by atoms with Gasteiger partial charge in [-0.2, -0.15) is 23.3 Å². The van der Waals surface area contributed by atoms with E-state index < -0.39 is 22.8 Å². The molecule has 0 saturated carbocycles. The topological polar surface area (TPSA) is 120 Å². The number of halogens is 4. The zero-order chi connectivity index (χ0) is 27.4. The lowest BCUT2D eigenvalue weighted by Crippen LogP contribution is -2.20. The van der Waals surface area contributed by atoms with E-state index in [1.807, 2.05) is 26.8 Å². The van der Waals surface area contributed by atoms with Crippen molar-refractivity contribution in [3.05, 3.63) is 76.1 Å². The lowest BCUT2D eigenvalue weighted by molar-refractivity contribution is -0.137. The molecule has 2 heterocycles. The van der Waals surface area contributed by atoms with Crippen LogP contribution in [0, 0.1) is 13.8 Å². The molecule has 2 aromatic carbocycles. The molecule has 0 saturated heterocycles. The van der Waals surface area contributed by atoms with Crippen LogP contribution in [0.4, 0.5) is 52.6 Å². The van der Waals surface area contributed by atoms with Gasteiger partial charge in [-0.25, -0.2) is 9.78 Å². The van der Waals surface area contributed by atoms with E-state index in [0.29, 0.717) is 29.0 Å². The highest BCUT2D eigenvalue weighted by Crippen LogP contribution is 2.36. The number of alkyl halides is 3. The Morgan fingerprint density at radius 2 is 1.66 bits per heavy atom. The van der Waals surface area contributed by atoms with Crippen LogP contribution in [0.3, 0.4) is 0 Å². The van der Waals surface area contributed by atoms with Gasteiger partial charge >= 0.3 is 12.2 Å². The van der Waals surface area contributed by atoms with Gasteiger partial charge in [-0.05, 0) is 62.2 Å². The standard InChI is InChI=1S/C25H24ClF3N8O/c1-4-15-12-22(37-36-15)34-21-10-14(3)30-23(35-21)33-20-8-6-16(9-13(20)2)31-24(38)32-17-5-7-19(26)18(11-17)25(27,28)29/h5-12H,4H2,1-3H3,(H2,31,32,38)(H3,30,33,34,35,36,37). The second-order valence-electron chi connectivity index (χ2n) is 8.40. The fourth-order valence-electron chi connectivity index (χ4n) is 3.54. The molecule has 4 rings (SSSR count). The van der Waals surface area contributed by atoms with Crippen LogP contribution >= 0.6 is 11.6 Å². The summed E-state index contributed by atoms with van der Waals surface area (Å²) in [5.74, 6) is 1.57. The fourth-order valence-corrected chi connectivity index (χ4v) is 3.77. The molecule has 13 heteroatoms. The molecule has 0 aliphatic rings. The first-order valence-corrected chi connectivity index (χ1v) is 11.9. The van der Waals surface area contributed by atoms with E-state index in [-0.39, 0.29) is 5.69 Å². The molecule has 0 bridgehead atoms. The molecule has 198 valence electrons. The number of urea groups is 1. The molecule has 2 aromatic heterocycles. The number of carbonyl (C=O) groups excluding carboxylic acids is 1. The van der Waals surface area contributed by atoms with Crippen molar-refractivity contribution in [2.75, 3.05) is 21.3 Å². The molecule has 0 atom stereocenters. The Bertz CT molecular complexity index is 1470. The number of aryl methyl sites for hydroxylation is 3. The summed E-state index contributed by atoms with van der Waals surface area (Å²) in [6, 6.07) is 11.2. The molecular formula is C25H24ClF3N8O. The summed E-state index contributed by atoms with van der Waals surface area (Å²) < 4.78 is 39.2. The molecule has 4 aromatic rings. The second kappa shape index (κ2) is 11.0. The van der Waals surface area contributed by atoms with Crippen molar-refractivity contribution < 1.29 is 18.0 Å². The molecule has 38 heavy (non-hydrogen) atoms. The second-order valence-corrected chi connectivity index (χ2v) is 8.81. The summed E-state index contributed by atoms with van der Waals surface area (Å²) in [5, 5.41) is 18.0. The number of carbonyl (C=O) groups is 1. The number of rotatable bonds is 7. The summed E-state index contributed by atoms with van der Waals surface area (Å²) in [5.41, 5.74) is 2.56. The molecule has 0 unspecified atom stereocenters. The maximum absolute atomic E-state index is 13.1. The van der Waals surface area contributed by atoms with E-state index in [1.165, 1.54) is 6.07 Å². The quantitative estimate of drug-likeness (QED) is 0.168. The van der Waals surface area contributed by atoms with Crippen molar-refractivity contribution in [3.8, 4) is 0 Å². The van der Waals surface area contributed by atoms with Gasteiger partial charge in [0.25, 0.3) is 0 Å². The molecule has 0 fully saturated rings. The predicted octanol–water partition coefficient (Wildman–Crippen LogP) is 7.18. The average Bonchev–Trinajstić information content (AvgIpc) is 3.28. The third-order valence-electron chi connectivity index (χ3n) is 5.38. The van der Waals surface area contributed by atoms with Gasteiger partial charge in [-0.1, -0.05) is 18.5 Å². The summed E-state index contributed by atoms with van der Waals surface area (Å²) in [6.45, 7) is 5.69. The van der Waals surface area contributed by atoms with E-state index in [2.05, 4.69) is 41.4 Å².